The molecule has 2 N–H and O–H groups in total. The molecule has 1 aliphatic rings. The zero-order valence-electron chi connectivity index (χ0n) is 11.0. The lowest BCUT2D eigenvalue weighted by molar-refractivity contribution is 0.0947. The maximum Gasteiger partial charge on any atom is 0.252 e. The Morgan fingerprint density at radius 1 is 1.40 bits per heavy atom. The normalized spacial score (nSPS) is 15.5. The van der Waals surface area contributed by atoms with Crippen LogP contribution in [0.25, 0.3) is 0 Å². The molecule has 1 aromatic carbocycles. The number of carbonyl (C=O) groups is 1. The second-order valence-corrected chi connectivity index (χ2v) is 5.79. The van der Waals surface area contributed by atoms with Crippen LogP contribution in [0.5, 0.6) is 0 Å². The summed E-state index contributed by atoms with van der Waals surface area (Å²) in [5, 5.41) is 6.67. The van der Waals surface area contributed by atoms with E-state index in [4.69, 9.17) is 11.6 Å². The van der Waals surface area contributed by atoms with E-state index in [9.17, 15) is 4.79 Å². The van der Waals surface area contributed by atoms with E-state index in [0.29, 0.717) is 17.1 Å². The third-order valence-corrected chi connectivity index (χ3v) is 3.90. The maximum atomic E-state index is 12.0. The van der Waals surface area contributed by atoms with E-state index in [2.05, 4.69) is 31.5 Å². The van der Waals surface area contributed by atoms with Gasteiger partial charge in [-0.05, 0) is 18.2 Å². The molecule has 0 aliphatic carbocycles. The molecule has 7 heteroatoms. The molecule has 1 amide bonds. The van der Waals surface area contributed by atoms with E-state index >= 15 is 0 Å². The predicted octanol–water partition coefficient (Wildman–Crippen LogP) is 2.16. The molecule has 1 saturated heterocycles. The Labute approximate surface area is 138 Å². The van der Waals surface area contributed by atoms with Crippen molar-refractivity contribution in [3.63, 3.8) is 0 Å². The topological polar surface area (TPSA) is 44.4 Å². The van der Waals surface area contributed by atoms with E-state index in [1.54, 1.807) is 12.1 Å². The van der Waals surface area contributed by atoms with E-state index in [-0.39, 0.29) is 18.3 Å². The zero-order valence-corrected chi connectivity index (χ0v) is 14.2. The molecule has 0 aromatic heterocycles. The third-order valence-electron chi connectivity index (χ3n) is 3.10. The first-order chi connectivity index (χ1) is 9.16. The van der Waals surface area contributed by atoms with Crippen LogP contribution >= 0.6 is 39.9 Å². The number of hydrogen-bond acceptors (Lipinski definition) is 3. The smallest absolute Gasteiger partial charge is 0.252 e. The molecule has 1 heterocycles. The lowest BCUT2D eigenvalue weighted by atomic mass is 10.2. The molecule has 1 aliphatic heterocycles. The van der Waals surface area contributed by atoms with Crippen LogP contribution < -0.4 is 10.6 Å². The molecule has 0 radical (unpaired) electrons. The first-order valence-corrected chi connectivity index (χ1v) is 7.50. The van der Waals surface area contributed by atoms with Gasteiger partial charge < -0.3 is 10.6 Å². The van der Waals surface area contributed by atoms with Crippen molar-refractivity contribution in [3.8, 4) is 0 Å². The van der Waals surface area contributed by atoms with Gasteiger partial charge in [0.1, 0.15) is 0 Å². The summed E-state index contributed by atoms with van der Waals surface area (Å²) in [4.78, 5) is 14.3. The molecule has 0 spiro atoms. The van der Waals surface area contributed by atoms with Gasteiger partial charge in [0.2, 0.25) is 0 Å². The van der Waals surface area contributed by atoms with Gasteiger partial charge in [-0.15, -0.1) is 12.4 Å². The number of rotatable bonds is 4. The summed E-state index contributed by atoms with van der Waals surface area (Å²) in [6, 6.07) is 5.27. The minimum atomic E-state index is -0.118. The zero-order chi connectivity index (χ0) is 13.7. The molecular formula is C13H18BrCl2N3O. The van der Waals surface area contributed by atoms with Gasteiger partial charge in [-0.1, -0.05) is 27.5 Å². The van der Waals surface area contributed by atoms with Crippen LogP contribution in [0.15, 0.2) is 22.7 Å². The van der Waals surface area contributed by atoms with Gasteiger partial charge in [-0.3, -0.25) is 9.69 Å². The monoisotopic (exact) mass is 381 g/mol. The van der Waals surface area contributed by atoms with Crippen molar-refractivity contribution in [1.82, 2.24) is 15.5 Å². The third kappa shape index (κ3) is 5.22. The number of hydrogen-bond donors (Lipinski definition) is 2. The first-order valence-electron chi connectivity index (χ1n) is 6.33. The van der Waals surface area contributed by atoms with Crippen LogP contribution in [0, 0.1) is 0 Å². The Morgan fingerprint density at radius 2 is 2.10 bits per heavy atom. The molecule has 0 unspecified atom stereocenters. The Morgan fingerprint density at radius 3 is 2.75 bits per heavy atom. The van der Waals surface area contributed by atoms with Crippen molar-refractivity contribution in [2.45, 2.75) is 0 Å². The second-order valence-electron chi connectivity index (χ2n) is 4.47. The predicted molar refractivity (Wildman–Crippen MR) is 88.0 cm³/mol. The largest absolute Gasteiger partial charge is 0.351 e. The Bertz CT molecular complexity index is 453. The van der Waals surface area contributed by atoms with Crippen LogP contribution in [0.2, 0.25) is 5.02 Å². The summed E-state index contributed by atoms with van der Waals surface area (Å²) in [6.07, 6.45) is 0. The van der Waals surface area contributed by atoms with Crippen molar-refractivity contribution >= 4 is 45.8 Å². The number of benzene rings is 1. The number of nitrogens with one attached hydrogen (secondary N) is 2. The van der Waals surface area contributed by atoms with Crippen molar-refractivity contribution in [2.24, 2.45) is 0 Å². The molecule has 4 nitrogen and oxygen atoms in total. The molecule has 0 bridgehead atoms. The van der Waals surface area contributed by atoms with E-state index < -0.39 is 0 Å². The number of amides is 1. The summed E-state index contributed by atoms with van der Waals surface area (Å²) in [5.74, 6) is -0.118. The Kier molecular flexibility index (Phi) is 7.84. The minimum Gasteiger partial charge on any atom is -0.351 e. The molecule has 1 aromatic rings. The van der Waals surface area contributed by atoms with Gasteiger partial charge in [0.15, 0.2) is 0 Å². The fourth-order valence-electron chi connectivity index (χ4n) is 2.03. The number of piperazine rings is 1. The second kappa shape index (κ2) is 8.85. The average Bonchev–Trinajstić information content (AvgIpc) is 2.39. The average molecular weight is 383 g/mol. The van der Waals surface area contributed by atoms with Crippen molar-refractivity contribution in [1.29, 1.82) is 0 Å². The highest BCUT2D eigenvalue weighted by atomic mass is 79.9. The van der Waals surface area contributed by atoms with Gasteiger partial charge in [0.25, 0.3) is 5.91 Å². The first kappa shape index (κ1) is 17.7. The van der Waals surface area contributed by atoms with Crippen molar-refractivity contribution in [2.75, 3.05) is 39.3 Å². The molecule has 0 saturated carbocycles. The van der Waals surface area contributed by atoms with Gasteiger partial charge in [-0.25, -0.2) is 0 Å². The molecule has 1 fully saturated rings. The lowest BCUT2D eigenvalue weighted by Gasteiger charge is -2.27. The number of nitrogens with zero attached hydrogens (tertiary/aromatic N) is 1. The summed E-state index contributed by atoms with van der Waals surface area (Å²) < 4.78 is 0.870. The highest BCUT2D eigenvalue weighted by Crippen LogP contribution is 2.21. The van der Waals surface area contributed by atoms with E-state index in [1.165, 1.54) is 0 Å². The van der Waals surface area contributed by atoms with E-state index in [0.717, 1.165) is 37.2 Å². The fraction of sp³-hybridized carbons (Fsp3) is 0.462. The van der Waals surface area contributed by atoms with Crippen LogP contribution in [-0.2, 0) is 0 Å². The Hall–Kier alpha value is -0.330. The maximum absolute atomic E-state index is 12.0. The SMILES string of the molecule is Cl.O=C(NCCN1CCNCC1)c1ccc(Br)cc1Cl. The highest BCUT2D eigenvalue weighted by Gasteiger charge is 2.12. The van der Waals surface area contributed by atoms with Gasteiger partial charge in [0.05, 0.1) is 10.6 Å². The fourth-order valence-corrected chi connectivity index (χ4v) is 2.79. The summed E-state index contributed by atoms with van der Waals surface area (Å²) in [7, 11) is 0. The lowest BCUT2D eigenvalue weighted by Crippen LogP contribution is -2.46. The van der Waals surface area contributed by atoms with Gasteiger partial charge >= 0.3 is 0 Å². The highest BCUT2D eigenvalue weighted by molar-refractivity contribution is 9.10. The van der Waals surface area contributed by atoms with Crippen LogP contribution in [0.3, 0.4) is 0 Å². The molecule has 2 rings (SSSR count). The molecule has 0 atom stereocenters. The molecule has 20 heavy (non-hydrogen) atoms. The van der Waals surface area contributed by atoms with Crippen LogP contribution in [0.4, 0.5) is 0 Å². The summed E-state index contributed by atoms with van der Waals surface area (Å²) in [6.45, 7) is 5.63. The molecular weight excluding hydrogens is 365 g/mol. The van der Waals surface area contributed by atoms with Crippen molar-refractivity contribution in [3.05, 3.63) is 33.3 Å². The standard InChI is InChI=1S/C13H17BrClN3O.ClH/c14-10-1-2-11(12(15)9-10)13(19)17-5-8-18-6-3-16-4-7-18;/h1-2,9,16H,3-8H2,(H,17,19);1H. The summed E-state index contributed by atoms with van der Waals surface area (Å²) >= 11 is 9.36. The van der Waals surface area contributed by atoms with Crippen LogP contribution in [0.1, 0.15) is 10.4 Å². The van der Waals surface area contributed by atoms with Crippen LogP contribution in [-0.4, -0.2) is 50.1 Å². The van der Waals surface area contributed by atoms with E-state index in [1.807, 2.05) is 6.07 Å². The molecule has 112 valence electrons. The summed E-state index contributed by atoms with van der Waals surface area (Å²) in [5.41, 5.74) is 0.519. The van der Waals surface area contributed by atoms with Crippen molar-refractivity contribution < 1.29 is 4.79 Å². The quantitative estimate of drug-likeness (QED) is 0.838. The van der Waals surface area contributed by atoms with Gasteiger partial charge in [0, 0.05) is 43.7 Å². The van der Waals surface area contributed by atoms with Gasteiger partial charge in [-0.2, -0.15) is 0 Å². The minimum absolute atomic E-state index is 0. The number of halogens is 3. The Balaban J connectivity index is 0.00000200. The number of carbonyl (C=O) groups excluding carboxylic acids is 1.